The number of methoxy groups -OCH3 is 1. The summed E-state index contributed by atoms with van der Waals surface area (Å²) in [7, 11) is 1.75. The molecule has 0 aliphatic rings. The van der Waals surface area contributed by atoms with Crippen molar-refractivity contribution in [3.63, 3.8) is 0 Å². The highest BCUT2D eigenvalue weighted by Crippen LogP contribution is 2.30. The summed E-state index contributed by atoms with van der Waals surface area (Å²) >= 11 is 0. The molecule has 2 heteroatoms. The Kier molecular flexibility index (Phi) is 6.20. The maximum atomic E-state index is 5.52. The van der Waals surface area contributed by atoms with Gasteiger partial charge in [0.1, 0.15) is 5.75 Å². The van der Waals surface area contributed by atoms with E-state index in [4.69, 9.17) is 4.74 Å². The van der Waals surface area contributed by atoms with E-state index in [0.29, 0.717) is 6.04 Å². The molecule has 0 fully saturated rings. The Balaban J connectivity index is 2.89. The molecular weight excluding hydrogens is 222 g/mol. The summed E-state index contributed by atoms with van der Waals surface area (Å²) in [4.78, 5) is 0. The Labute approximate surface area is 112 Å². The molecule has 0 saturated carbocycles. The molecule has 0 aromatic heterocycles. The molecule has 102 valence electrons. The van der Waals surface area contributed by atoms with Crippen molar-refractivity contribution in [1.29, 1.82) is 0 Å². The van der Waals surface area contributed by atoms with E-state index in [1.807, 2.05) is 0 Å². The molecule has 2 nitrogen and oxygen atoms in total. The van der Waals surface area contributed by atoms with E-state index in [-0.39, 0.29) is 0 Å². The highest BCUT2D eigenvalue weighted by Gasteiger charge is 2.15. The van der Waals surface area contributed by atoms with Crippen LogP contribution >= 0.6 is 0 Å². The van der Waals surface area contributed by atoms with Crippen LogP contribution in [0.1, 0.15) is 50.8 Å². The molecule has 0 radical (unpaired) electrons. The summed E-state index contributed by atoms with van der Waals surface area (Å²) < 4.78 is 5.52. The molecule has 0 saturated heterocycles. The molecule has 0 aliphatic carbocycles. The van der Waals surface area contributed by atoms with Crippen LogP contribution in [0.4, 0.5) is 0 Å². The van der Waals surface area contributed by atoms with Crippen LogP contribution in [-0.2, 0) is 0 Å². The Morgan fingerprint density at radius 3 is 2.50 bits per heavy atom. The van der Waals surface area contributed by atoms with E-state index < -0.39 is 0 Å². The van der Waals surface area contributed by atoms with Gasteiger partial charge in [-0.3, -0.25) is 0 Å². The third kappa shape index (κ3) is 4.34. The minimum Gasteiger partial charge on any atom is -0.496 e. The molecule has 0 spiro atoms. The summed E-state index contributed by atoms with van der Waals surface area (Å²) in [5.41, 5.74) is 2.53. The fourth-order valence-electron chi connectivity index (χ4n) is 2.22. The monoisotopic (exact) mass is 249 g/mol. The largest absolute Gasteiger partial charge is 0.496 e. The van der Waals surface area contributed by atoms with Crippen LogP contribution in [0, 0.1) is 12.8 Å². The Morgan fingerprint density at radius 1 is 1.22 bits per heavy atom. The number of nitrogens with one attached hydrogen (secondary N) is 1. The quantitative estimate of drug-likeness (QED) is 0.786. The fourth-order valence-corrected chi connectivity index (χ4v) is 2.22. The van der Waals surface area contributed by atoms with Crippen LogP contribution in [0.5, 0.6) is 5.75 Å². The van der Waals surface area contributed by atoms with Crippen molar-refractivity contribution in [2.45, 2.75) is 46.6 Å². The molecule has 0 heterocycles. The lowest BCUT2D eigenvalue weighted by atomic mass is 9.96. The lowest BCUT2D eigenvalue weighted by Crippen LogP contribution is -2.22. The van der Waals surface area contributed by atoms with Crippen LogP contribution in [0.3, 0.4) is 0 Å². The highest BCUT2D eigenvalue weighted by molar-refractivity contribution is 5.39. The van der Waals surface area contributed by atoms with Gasteiger partial charge in [-0.1, -0.05) is 32.9 Å². The summed E-state index contributed by atoms with van der Waals surface area (Å²) in [6.07, 6.45) is 2.39. The number of hydrogen-bond acceptors (Lipinski definition) is 2. The van der Waals surface area contributed by atoms with Gasteiger partial charge in [0.15, 0.2) is 0 Å². The van der Waals surface area contributed by atoms with Crippen molar-refractivity contribution < 1.29 is 4.74 Å². The standard InChI is InChI=1S/C16H27NO/c1-6-17-15(10-7-12(2)3)14-9-8-13(4)11-16(14)18-5/h8-9,11-12,15,17H,6-7,10H2,1-5H3. The van der Waals surface area contributed by atoms with Crippen molar-refractivity contribution in [1.82, 2.24) is 5.32 Å². The van der Waals surface area contributed by atoms with Gasteiger partial charge in [-0.05, 0) is 43.9 Å². The predicted octanol–water partition coefficient (Wildman–Crippen LogP) is 4.09. The van der Waals surface area contributed by atoms with E-state index in [1.165, 1.54) is 17.5 Å². The summed E-state index contributed by atoms with van der Waals surface area (Å²) in [5, 5.41) is 3.57. The average Bonchev–Trinajstić information content (AvgIpc) is 2.34. The fraction of sp³-hybridized carbons (Fsp3) is 0.625. The molecule has 1 aromatic carbocycles. The van der Waals surface area contributed by atoms with Crippen LogP contribution in [0.15, 0.2) is 18.2 Å². The van der Waals surface area contributed by atoms with Crippen molar-refractivity contribution >= 4 is 0 Å². The van der Waals surface area contributed by atoms with Gasteiger partial charge in [-0.15, -0.1) is 0 Å². The first kappa shape index (κ1) is 15.0. The third-order valence-electron chi connectivity index (χ3n) is 3.25. The van der Waals surface area contributed by atoms with Gasteiger partial charge in [0.25, 0.3) is 0 Å². The van der Waals surface area contributed by atoms with Crippen molar-refractivity contribution in [3.8, 4) is 5.75 Å². The minimum absolute atomic E-state index is 0.396. The van der Waals surface area contributed by atoms with Crippen LogP contribution in [0.25, 0.3) is 0 Å². The zero-order valence-corrected chi connectivity index (χ0v) is 12.4. The maximum Gasteiger partial charge on any atom is 0.123 e. The van der Waals surface area contributed by atoms with Gasteiger partial charge >= 0.3 is 0 Å². The van der Waals surface area contributed by atoms with E-state index >= 15 is 0 Å². The SMILES string of the molecule is CCNC(CCC(C)C)c1ccc(C)cc1OC. The molecule has 18 heavy (non-hydrogen) atoms. The second kappa shape index (κ2) is 7.42. The van der Waals surface area contributed by atoms with E-state index in [9.17, 15) is 0 Å². The Hall–Kier alpha value is -1.02. The van der Waals surface area contributed by atoms with Crippen LogP contribution < -0.4 is 10.1 Å². The van der Waals surface area contributed by atoms with E-state index in [1.54, 1.807) is 7.11 Å². The van der Waals surface area contributed by atoms with E-state index in [2.05, 4.69) is 51.2 Å². The number of benzene rings is 1. The van der Waals surface area contributed by atoms with E-state index in [0.717, 1.165) is 24.6 Å². The first-order valence-corrected chi connectivity index (χ1v) is 6.96. The average molecular weight is 249 g/mol. The first-order chi connectivity index (χ1) is 8.58. The lowest BCUT2D eigenvalue weighted by Gasteiger charge is -2.22. The summed E-state index contributed by atoms with van der Waals surface area (Å²) in [6, 6.07) is 6.88. The molecule has 0 bridgehead atoms. The van der Waals surface area contributed by atoms with Crippen LogP contribution in [0.2, 0.25) is 0 Å². The molecular formula is C16H27NO. The van der Waals surface area contributed by atoms with Crippen molar-refractivity contribution in [2.75, 3.05) is 13.7 Å². The normalized spacial score (nSPS) is 12.8. The van der Waals surface area contributed by atoms with Gasteiger partial charge < -0.3 is 10.1 Å². The molecule has 1 atom stereocenters. The second-order valence-corrected chi connectivity index (χ2v) is 5.33. The molecule has 0 amide bonds. The molecule has 1 unspecified atom stereocenters. The molecule has 1 rings (SSSR count). The smallest absolute Gasteiger partial charge is 0.123 e. The van der Waals surface area contributed by atoms with Crippen molar-refractivity contribution in [2.24, 2.45) is 5.92 Å². The zero-order valence-electron chi connectivity index (χ0n) is 12.4. The van der Waals surface area contributed by atoms with Gasteiger partial charge in [-0.2, -0.15) is 0 Å². The number of hydrogen-bond donors (Lipinski definition) is 1. The highest BCUT2D eigenvalue weighted by atomic mass is 16.5. The molecule has 1 aromatic rings. The van der Waals surface area contributed by atoms with Gasteiger partial charge in [0, 0.05) is 11.6 Å². The predicted molar refractivity (Wildman–Crippen MR) is 78.2 cm³/mol. The second-order valence-electron chi connectivity index (χ2n) is 5.33. The number of rotatable bonds is 7. The van der Waals surface area contributed by atoms with Crippen molar-refractivity contribution in [3.05, 3.63) is 29.3 Å². The summed E-state index contributed by atoms with van der Waals surface area (Å²) in [6.45, 7) is 9.79. The van der Waals surface area contributed by atoms with Crippen LogP contribution in [-0.4, -0.2) is 13.7 Å². The first-order valence-electron chi connectivity index (χ1n) is 6.96. The number of aryl methyl sites for hydroxylation is 1. The topological polar surface area (TPSA) is 21.3 Å². The third-order valence-corrected chi connectivity index (χ3v) is 3.25. The molecule has 0 aliphatic heterocycles. The lowest BCUT2D eigenvalue weighted by molar-refractivity contribution is 0.388. The molecule has 1 N–H and O–H groups in total. The summed E-state index contributed by atoms with van der Waals surface area (Å²) in [5.74, 6) is 1.74. The zero-order chi connectivity index (χ0) is 13.5. The minimum atomic E-state index is 0.396. The van der Waals surface area contributed by atoms with Gasteiger partial charge in [-0.25, -0.2) is 0 Å². The Morgan fingerprint density at radius 2 is 1.94 bits per heavy atom. The van der Waals surface area contributed by atoms with Gasteiger partial charge in [0.05, 0.1) is 7.11 Å². The maximum absolute atomic E-state index is 5.52. The Bertz CT molecular complexity index is 360. The number of ether oxygens (including phenoxy) is 1. The van der Waals surface area contributed by atoms with Gasteiger partial charge in [0.2, 0.25) is 0 Å².